The lowest BCUT2D eigenvalue weighted by Crippen LogP contribution is -2.06. The van der Waals surface area contributed by atoms with Gasteiger partial charge in [-0.15, -0.1) is 0 Å². The Kier molecular flexibility index (Phi) is 3.99. The van der Waals surface area contributed by atoms with Gasteiger partial charge in [0.2, 0.25) is 0 Å². The summed E-state index contributed by atoms with van der Waals surface area (Å²) in [5, 5.41) is 18.0. The number of ether oxygens (including phenoxy) is 1. The monoisotopic (exact) mass is 218 g/mol. The Balaban J connectivity index is 2.94. The predicted molar refractivity (Wildman–Crippen MR) is 49.9 cm³/mol. The lowest BCUT2D eigenvalue weighted by atomic mass is 10.1. The highest BCUT2D eigenvalue weighted by Gasteiger charge is 2.11. The summed E-state index contributed by atoms with van der Waals surface area (Å²) in [6.07, 6.45) is -1.08. The van der Waals surface area contributed by atoms with Crippen molar-refractivity contribution in [3.8, 4) is 5.75 Å². The van der Waals surface area contributed by atoms with E-state index in [0.29, 0.717) is 11.1 Å². The average molecular weight is 218 g/mol. The fourth-order valence-electron chi connectivity index (χ4n) is 1.15. The average Bonchev–Trinajstić information content (AvgIpc) is 2.19. The third-order valence-electron chi connectivity index (χ3n) is 1.99. The molecule has 0 bridgehead atoms. The molecule has 84 valence electrons. The highest BCUT2D eigenvalue weighted by atomic mass is 19.3. The van der Waals surface area contributed by atoms with Crippen LogP contribution in [0, 0.1) is 6.92 Å². The number of rotatable bonds is 4. The number of halogens is 2. The van der Waals surface area contributed by atoms with Crippen LogP contribution in [0.25, 0.3) is 0 Å². The molecular formula is C10H12F2O3. The van der Waals surface area contributed by atoms with Crippen molar-refractivity contribution in [2.24, 2.45) is 0 Å². The number of aryl methyl sites for hydroxylation is 1. The molecule has 5 heteroatoms. The van der Waals surface area contributed by atoms with Crippen LogP contribution in [0.5, 0.6) is 5.75 Å². The minimum absolute atomic E-state index is 0.00926. The van der Waals surface area contributed by atoms with Crippen LogP contribution in [-0.2, 0) is 0 Å². The highest BCUT2D eigenvalue weighted by molar-refractivity contribution is 5.37. The van der Waals surface area contributed by atoms with E-state index in [9.17, 15) is 13.9 Å². The smallest absolute Gasteiger partial charge is 0.387 e. The molecule has 2 N–H and O–H groups in total. The van der Waals surface area contributed by atoms with Crippen LogP contribution in [0.2, 0.25) is 0 Å². The van der Waals surface area contributed by atoms with Gasteiger partial charge in [-0.3, -0.25) is 0 Å². The molecule has 0 radical (unpaired) electrons. The second-order valence-electron chi connectivity index (χ2n) is 3.10. The third kappa shape index (κ3) is 3.14. The Bertz CT molecular complexity index is 328. The Morgan fingerprint density at radius 3 is 2.60 bits per heavy atom. The lowest BCUT2D eigenvalue weighted by Gasteiger charge is -2.12. The second kappa shape index (κ2) is 5.04. The zero-order valence-corrected chi connectivity index (χ0v) is 8.15. The molecule has 0 aromatic heterocycles. The minimum Gasteiger partial charge on any atom is -0.435 e. The van der Waals surface area contributed by atoms with E-state index >= 15 is 0 Å². The summed E-state index contributed by atoms with van der Waals surface area (Å²) in [7, 11) is 0. The van der Waals surface area contributed by atoms with E-state index in [1.54, 1.807) is 19.1 Å². The molecule has 0 aliphatic heterocycles. The number of hydrogen-bond acceptors (Lipinski definition) is 3. The number of aliphatic hydroxyl groups excluding tert-OH is 2. The van der Waals surface area contributed by atoms with Crippen molar-refractivity contribution in [1.29, 1.82) is 0 Å². The molecule has 1 aromatic rings. The number of hydrogen-bond donors (Lipinski definition) is 2. The standard InChI is InChI=1S/C10H12F2O3/c1-6-2-3-7(8(14)5-13)4-9(6)15-10(11)12/h2-4,8,10,13-14H,5H2,1H3. The summed E-state index contributed by atoms with van der Waals surface area (Å²) < 4.78 is 28.2. The number of alkyl halides is 2. The molecule has 15 heavy (non-hydrogen) atoms. The zero-order valence-electron chi connectivity index (χ0n) is 8.15. The first-order chi connectivity index (χ1) is 7.04. The van der Waals surface area contributed by atoms with Gasteiger partial charge in [0, 0.05) is 0 Å². The van der Waals surface area contributed by atoms with Gasteiger partial charge < -0.3 is 14.9 Å². The van der Waals surface area contributed by atoms with Crippen molar-refractivity contribution in [2.75, 3.05) is 6.61 Å². The molecule has 0 saturated carbocycles. The molecule has 0 aliphatic carbocycles. The maximum Gasteiger partial charge on any atom is 0.387 e. The maximum atomic E-state index is 12.0. The first-order valence-electron chi connectivity index (χ1n) is 4.39. The Morgan fingerprint density at radius 2 is 2.07 bits per heavy atom. The molecule has 0 saturated heterocycles. The topological polar surface area (TPSA) is 49.7 Å². The van der Waals surface area contributed by atoms with Crippen molar-refractivity contribution in [1.82, 2.24) is 0 Å². The van der Waals surface area contributed by atoms with Gasteiger partial charge in [0.25, 0.3) is 0 Å². The highest BCUT2D eigenvalue weighted by Crippen LogP contribution is 2.24. The fourth-order valence-corrected chi connectivity index (χ4v) is 1.15. The molecule has 0 fully saturated rings. The summed E-state index contributed by atoms with van der Waals surface area (Å²) in [4.78, 5) is 0. The minimum atomic E-state index is -2.90. The van der Waals surface area contributed by atoms with Crippen LogP contribution in [0.15, 0.2) is 18.2 Å². The maximum absolute atomic E-state index is 12.0. The molecule has 1 aromatic carbocycles. The number of benzene rings is 1. The molecule has 1 atom stereocenters. The van der Waals surface area contributed by atoms with Crippen molar-refractivity contribution >= 4 is 0 Å². The van der Waals surface area contributed by atoms with E-state index in [2.05, 4.69) is 4.74 Å². The van der Waals surface area contributed by atoms with E-state index in [0.717, 1.165) is 0 Å². The number of aliphatic hydroxyl groups is 2. The molecule has 1 rings (SSSR count). The van der Waals surface area contributed by atoms with Crippen LogP contribution in [0.1, 0.15) is 17.2 Å². The molecule has 0 heterocycles. The van der Waals surface area contributed by atoms with Gasteiger partial charge in [0.15, 0.2) is 0 Å². The fraction of sp³-hybridized carbons (Fsp3) is 0.400. The molecule has 0 spiro atoms. The van der Waals surface area contributed by atoms with E-state index in [-0.39, 0.29) is 5.75 Å². The van der Waals surface area contributed by atoms with Gasteiger partial charge in [-0.1, -0.05) is 12.1 Å². The van der Waals surface area contributed by atoms with E-state index in [1.165, 1.54) is 6.07 Å². The molecular weight excluding hydrogens is 206 g/mol. The van der Waals surface area contributed by atoms with Gasteiger partial charge in [-0.05, 0) is 24.1 Å². The predicted octanol–water partition coefficient (Wildman–Crippen LogP) is 1.62. The van der Waals surface area contributed by atoms with Crippen LogP contribution in [-0.4, -0.2) is 23.4 Å². The lowest BCUT2D eigenvalue weighted by molar-refractivity contribution is -0.0504. The first kappa shape index (κ1) is 11.9. The van der Waals surface area contributed by atoms with Gasteiger partial charge in [0.05, 0.1) is 6.61 Å². The quantitative estimate of drug-likeness (QED) is 0.807. The van der Waals surface area contributed by atoms with Crippen molar-refractivity contribution in [3.63, 3.8) is 0 Å². The summed E-state index contributed by atoms with van der Waals surface area (Å²) in [6, 6.07) is 4.39. The Hall–Kier alpha value is -1.20. The van der Waals surface area contributed by atoms with Crippen molar-refractivity contribution < 1.29 is 23.7 Å². The summed E-state index contributed by atoms with van der Waals surface area (Å²) in [5.41, 5.74) is 0.892. The summed E-state index contributed by atoms with van der Waals surface area (Å²) >= 11 is 0. The van der Waals surface area contributed by atoms with Crippen molar-refractivity contribution in [2.45, 2.75) is 19.6 Å². The van der Waals surface area contributed by atoms with Gasteiger partial charge >= 0.3 is 6.61 Å². The van der Waals surface area contributed by atoms with Gasteiger partial charge in [-0.2, -0.15) is 8.78 Å². The zero-order chi connectivity index (χ0) is 11.4. The molecule has 0 aliphatic rings. The summed E-state index contributed by atoms with van der Waals surface area (Å²) in [5.74, 6) is 0.00926. The van der Waals surface area contributed by atoms with Crippen LogP contribution in [0.4, 0.5) is 8.78 Å². The molecule has 0 amide bonds. The Morgan fingerprint density at radius 1 is 1.40 bits per heavy atom. The normalized spacial score (nSPS) is 12.9. The van der Waals surface area contributed by atoms with Crippen LogP contribution >= 0.6 is 0 Å². The van der Waals surface area contributed by atoms with Crippen LogP contribution < -0.4 is 4.74 Å². The van der Waals surface area contributed by atoms with E-state index < -0.39 is 19.3 Å². The van der Waals surface area contributed by atoms with Crippen LogP contribution in [0.3, 0.4) is 0 Å². The third-order valence-corrected chi connectivity index (χ3v) is 1.99. The van der Waals surface area contributed by atoms with E-state index in [4.69, 9.17) is 5.11 Å². The van der Waals surface area contributed by atoms with E-state index in [1.807, 2.05) is 0 Å². The molecule has 1 unspecified atom stereocenters. The molecule has 3 nitrogen and oxygen atoms in total. The van der Waals surface area contributed by atoms with Crippen molar-refractivity contribution in [3.05, 3.63) is 29.3 Å². The first-order valence-corrected chi connectivity index (χ1v) is 4.39. The second-order valence-corrected chi connectivity index (χ2v) is 3.10. The van der Waals surface area contributed by atoms with Gasteiger partial charge in [-0.25, -0.2) is 0 Å². The van der Waals surface area contributed by atoms with Gasteiger partial charge in [0.1, 0.15) is 11.9 Å². The SMILES string of the molecule is Cc1ccc(C(O)CO)cc1OC(F)F. The Labute approximate surface area is 85.9 Å². The largest absolute Gasteiger partial charge is 0.435 e. The summed E-state index contributed by atoms with van der Waals surface area (Å²) in [6.45, 7) is -1.74.